The Morgan fingerprint density at radius 1 is 1.31 bits per heavy atom. The highest BCUT2D eigenvalue weighted by Crippen LogP contribution is 2.31. The van der Waals surface area contributed by atoms with E-state index >= 15 is 0 Å². The van der Waals surface area contributed by atoms with Gasteiger partial charge in [-0.2, -0.15) is 5.26 Å². The van der Waals surface area contributed by atoms with Gasteiger partial charge in [-0.15, -0.1) is 0 Å². The number of imide groups is 1. The molecule has 1 atom stereocenters. The fraction of sp³-hybridized carbons (Fsp3) is 0.381. The molecule has 152 valence electrons. The van der Waals surface area contributed by atoms with Gasteiger partial charge in [-0.25, -0.2) is 8.42 Å². The van der Waals surface area contributed by atoms with Crippen molar-refractivity contribution < 1.29 is 22.7 Å². The Hall–Kier alpha value is -2.92. The number of nitrogens with zero attached hydrogens (tertiary/aromatic N) is 2. The van der Waals surface area contributed by atoms with Crippen LogP contribution in [0.2, 0.25) is 0 Å². The maximum absolute atomic E-state index is 13.1. The lowest BCUT2D eigenvalue weighted by molar-refractivity contribution is -0.142. The van der Waals surface area contributed by atoms with Crippen LogP contribution in [0, 0.1) is 11.3 Å². The zero-order valence-corrected chi connectivity index (χ0v) is 17.2. The minimum Gasteiger partial charge on any atom is -0.494 e. The summed E-state index contributed by atoms with van der Waals surface area (Å²) < 4.78 is 29.3. The highest BCUT2D eigenvalue weighted by atomic mass is 32.2. The Labute approximate surface area is 170 Å². The number of carbonyl (C=O) groups is 2. The van der Waals surface area contributed by atoms with Crippen LogP contribution in [0.15, 0.2) is 41.0 Å². The molecule has 0 spiro atoms. The Morgan fingerprint density at radius 3 is 2.69 bits per heavy atom. The van der Waals surface area contributed by atoms with Crippen molar-refractivity contribution in [3.8, 4) is 11.8 Å². The Balaban J connectivity index is 2.02. The number of nitriles is 1. The predicted octanol–water partition coefficient (Wildman–Crippen LogP) is 2.25. The minimum atomic E-state index is -3.30. The fourth-order valence-electron chi connectivity index (χ4n) is 3.49. The quantitative estimate of drug-likeness (QED) is 0.541. The van der Waals surface area contributed by atoms with Crippen LogP contribution in [0.3, 0.4) is 0 Å². The zero-order chi connectivity index (χ0) is 21.2. The predicted molar refractivity (Wildman–Crippen MR) is 107 cm³/mol. The van der Waals surface area contributed by atoms with E-state index in [1.165, 1.54) is 0 Å². The van der Waals surface area contributed by atoms with Crippen molar-refractivity contribution in [2.24, 2.45) is 0 Å². The number of ether oxygens (including phenoxy) is 1. The summed E-state index contributed by atoms with van der Waals surface area (Å²) in [5, 5.41) is 9.47. The molecule has 1 saturated heterocycles. The summed E-state index contributed by atoms with van der Waals surface area (Å²) in [6, 6.07) is 8.29. The van der Waals surface area contributed by atoms with Gasteiger partial charge in [-0.1, -0.05) is 19.1 Å². The van der Waals surface area contributed by atoms with Crippen LogP contribution >= 0.6 is 0 Å². The van der Waals surface area contributed by atoms with E-state index in [0.717, 1.165) is 11.3 Å². The molecule has 2 amide bonds. The van der Waals surface area contributed by atoms with Crippen molar-refractivity contribution in [2.45, 2.75) is 32.7 Å². The second kappa shape index (κ2) is 8.21. The van der Waals surface area contributed by atoms with Gasteiger partial charge in [0.1, 0.15) is 17.4 Å². The van der Waals surface area contributed by atoms with E-state index in [1.807, 2.05) is 19.1 Å². The van der Waals surface area contributed by atoms with Gasteiger partial charge < -0.3 is 4.74 Å². The van der Waals surface area contributed by atoms with Crippen molar-refractivity contribution in [1.82, 2.24) is 4.90 Å². The first kappa shape index (κ1) is 20.8. The Morgan fingerprint density at radius 2 is 2.07 bits per heavy atom. The number of amides is 2. The van der Waals surface area contributed by atoms with Crippen molar-refractivity contribution in [3.63, 3.8) is 0 Å². The van der Waals surface area contributed by atoms with Gasteiger partial charge in [0.15, 0.2) is 9.84 Å². The number of rotatable bonds is 5. The van der Waals surface area contributed by atoms with Crippen LogP contribution in [-0.2, 0) is 19.4 Å². The molecule has 8 heteroatoms. The second-order valence-electron chi connectivity index (χ2n) is 7.13. The largest absolute Gasteiger partial charge is 0.494 e. The number of benzene rings is 1. The maximum atomic E-state index is 13.1. The van der Waals surface area contributed by atoms with Crippen LogP contribution in [0.4, 0.5) is 0 Å². The van der Waals surface area contributed by atoms with Crippen molar-refractivity contribution in [1.29, 1.82) is 5.26 Å². The molecule has 29 heavy (non-hydrogen) atoms. The van der Waals surface area contributed by atoms with Crippen LogP contribution in [-0.4, -0.2) is 49.3 Å². The van der Waals surface area contributed by atoms with Gasteiger partial charge in [-0.05, 0) is 49.1 Å². The highest BCUT2D eigenvalue weighted by molar-refractivity contribution is 7.91. The van der Waals surface area contributed by atoms with E-state index in [4.69, 9.17) is 4.74 Å². The molecule has 1 unspecified atom stereocenters. The van der Waals surface area contributed by atoms with E-state index in [-0.39, 0.29) is 29.1 Å². The lowest BCUT2D eigenvalue weighted by Gasteiger charge is -2.31. The number of carbonyl (C=O) groups excluding carboxylic acids is 2. The van der Waals surface area contributed by atoms with E-state index in [1.54, 1.807) is 31.2 Å². The van der Waals surface area contributed by atoms with Gasteiger partial charge >= 0.3 is 0 Å². The molecule has 2 heterocycles. The fourth-order valence-corrected chi connectivity index (χ4v) is 5.19. The van der Waals surface area contributed by atoms with Gasteiger partial charge in [0.05, 0.1) is 24.2 Å². The molecule has 1 fully saturated rings. The monoisotopic (exact) mass is 414 g/mol. The van der Waals surface area contributed by atoms with Gasteiger partial charge in [-0.3, -0.25) is 14.5 Å². The van der Waals surface area contributed by atoms with Crippen molar-refractivity contribution >= 4 is 27.7 Å². The molecule has 2 aliphatic rings. The third-order valence-corrected chi connectivity index (χ3v) is 6.74. The second-order valence-corrected chi connectivity index (χ2v) is 9.36. The van der Waals surface area contributed by atoms with Crippen molar-refractivity contribution in [3.05, 3.63) is 46.5 Å². The molecule has 7 nitrogen and oxygen atoms in total. The molecule has 1 aromatic rings. The molecular formula is C21H22N2O5S. The highest BCUT2D eigenvalue weighted by Gasteiger charge is 2.43. The molecule has 0 N–H and O–H groups in total. The summed E-state index contributed by atoms with van der Waals surface area (Å²) in [4.78, 5) is 26.8. The standard InChI is InChI=1S/C21H22N2O5S/c1-3-8-28-17-6-4-5-15(10-17)11-18-14(2)19(12-22)21(25)23(20(18)24)16-7-9-29(26,27)13-16/h4-6,10-11,16H,3,7-9,13H2,1-2H3. The van der Waals surface area contributed by atoms with Crippen LogP contribution in [0.25, 0.3) is 6.08 Å². The number of hydrogen-bond donors (Lipinski definition) is 0. The summed E-state index contributed by atoms with van der Waals surface area (Å²) in [5.74, 6) is -0.991. The van der Waals surface area contributed by atoms with E-state index in [9.17, 15) is 23.3 Å². The number of sulfone groups is 1. The summed E-state index contributed by atoms with van der Waals surface area (Å²) in [7, 11) is -3.30. The third-order valence-electron chi connectivity index (χ3n) is 4.99. The molecule has 0 aliphatic carbocycles. The Kier molecular flexibility index (Phi) is 5.89. The molecule has 0 bridgehead atoms. The van der Waals surface area contributed by atoms with E-state index in [0.29, 0.717) is 23.5 Å². The van der Waals surface area contributed by atoms with Crippen LogP contribution in [0.5, 0.6) is 5.75 Å². The first-order valence-electron chi connectivity index (χ1n) is 9.41. The van der Waals surface area contributed by atoms with Crippen LogP contribution in [0.1, 0.15) is 32.3 Å². The molecule has 0 radical (unpaired) electrons. The third kappa shape index (κ3) is 4.25. The molecular weight excluding hydrogens is 392 g/mol. The van der Waals surface area contributed by atoms with Gasteiger partial charge in [0, 0.05) is 5.57 Å². The molecule has 0 aromatic heterocycles. The zero-order valence-electron chi connectivity index (χ0n) is 16.3. The normalized spacial score (nSPS) is 22.9. The first-order chi connectivity index (χ1) is 13.8. The van der Waals surface area contributed by atoms with E-state index < -0.39 is 27.7 Å². The smallest absolute Gasteiger partial charge is 0.271 e. The lowest BCUT2D eigenvalue weighted by Crippen LogP contribution is -2.49. The number of hydrogen-bond acceptors (Lipinski definition) is 6. The first-order valence-corrected chi connectivity index (χ1v) is 11.2. The van der Waals surface area contributed by atoms with Crippen LogP contribution < -0.4 is 4.74 Å². The molecule has 3 rings (SSSR count). The molecule has 0 saturated carbocycles. The summed E-state index contributed by atoms with van der Waals surface area (Å²) in [6.45, 7) is 4.12. The topological polar surface area (TPSA) is 105 Å². The molecule has 1 aromatic carbocycles. The van der Waals surface area contributed by atoms with Gasteiger partial charge in [0.2, 0.25) is 0 Å². The molecule has 2 aliphatic heterocycles. The Bertz CT molecular complexity index is 1060. The summed E-state index contributed by atoms with van der Waals surface area (Å²) in [5.41, 5.74) is 1.04. The summed E-state index contributed by atoms with van der Waals surface area (Å²) in [6.07, 6.45) is 2.65. The SMILES string of the molecule is CCCOc1cccc(C=C2C(=O)N(C3CCS(=O)(=O)C3)C(=O)C(C#N)=C2C)c1. The summed E-state index contributed by atoms with van der Waals surface area (Å²) >= 11 is 0. The van der Waals surface area contributed by atoms with E-state index in [2.05, 4.69) is 0 Å². The maximum Gasteiger partial charge on any atom is 0.271 e. The lowest BCUT2D eigenvalue weighted by atomic mass is 9.92. The van der Waals surface area contributed by atoms with Gasteiger partial charge in [0.25, 0.3) is 11.8 Å². The average molecular weight is 414 g/mol. The average Bonchev–Trinajstić information content (AvgIpc) is 3.03. The van der Waals surface area contributed by atoms with Crippen molar-refractivity contribution in [2.75, 3.05) is 18.1 Å². The minimum absolute atomic E-state index is 0.0742.